The van der Waals surface area contributed by atoms with Crippen molar-refractivity contribution in [2.24, 2.45) is 0 Å². The number of nitrogens with zero attached hydrogens (tertiary/aromatic N) is 2. The minimum absolute atomic E-state index is 0.314. The molecule has 4 rings (SSSR count). The van der Waals surface area contributed by atoms with Gasteiger partial charge in [-0.3, -0.25) is 0 Å². The fourth-order valence-electron chi connectivity index (χ4n) is 2.95. The quantitative estimate of drug-likeness (QED) is 0.628. The van der Waals surface area contributed by atoms with Crippen LogP contribution in [0.5, 0.6) is 0 Å². The van der Waals surface area contributed by atoms with Crippen LogP contribution in [0.2, 0.25) is 4.34 Å². The molecule has 118 valence electrons. The van der Waals surface area contributed by atoms with Gasteiger partial charge < -0.3 is 4.74 Å². The number of ether oxygens (including phenoxy) is 1. The monoisotopic (exact) mass is 364 g/mol. The van der Waals surface area contributed by atoms with E-state index in [4.69, 9.17) is 16.3 Å². The summed E-state index contributed by atoms with van der Waals surface area (Å²) in [5.74, 6) is 1.12. The second-order valence-electron chi connectivity index (χ2n) is 5.58. The zero-order valence-electron chi connectivity index (χ0n) is 12.5. The number of carbonyl (C=O) groups excluding carboxylic acids is 1. The SMILES string of the molecule is COC(=O)c1cc(C2CC2c2nc(C)nc3sccc23)c(Cl)s1. The lowest BCUT2D eigenvalue weighted by molar-refractivity contribution is 0.0606. The van der Waals surface area contributed by atoms with Crippen LogP contribution in [-0.4, -0.2) is 23.0 Å². The molecule has 1 fully saturated rings. The minimum Gasteiger partial charge on any atom is -0.465 e. The third kappa shape index (κ3) is 2.55. The molecule has 3 aromatic heterocycles. The molecule has 0 bridgehead atoms. The molecule has 4 nitrogen and oxygen atoms in total. The first-order valence-corrected chi connectivity index (χ1v) is 9.25. The molecule has 0 amide bonds. The standard InChI is InChI=1S/C16H13ClN2O2S2/c1-7-18-13(8-3-4-22-15(8)19-7)10-5-9(10)11-6-12(16(20)21-2)23-14(11)17/h3-4,6,9-10H,5H2,1-2H3. The fraction of sp³-hybridized carbons (Fsp3) is 0.312. The largest absolute Gasteiger partial charge is 0.465 e. The molecule has 0 radical (unpaired) electrons. The number of aryl methyl sites for hydroxylation is 1. The number of methoxy groups -OCH3 is 1. The van der Waals surface area contributed by atoms with Crippen molar-refractivity contribution in [3.63, 3.8) is 0 Å². The van der Waals surface area contributed by atoms with Crippen LogP contribution in [0.15, 0.2) is 17.5 Å². The number of carbonyl (C=O) groups is 1. The molecule has 1 aliphatic carbocycles. The van der Waals surface area contributed by atoms with Gasteiger partial charge in [0, 0.05) is 11.3 Å². The van der Waals surface area contributed by atoms with Gasteiger partial charge in [-0.1, -0.05) is 11.6 Å². The highest BCUT2D eigenvalue weighted by Gasteiger charge is 2.43. The number of rotatable bonds is 3. The molecule has 3 heterocycles. The number of aromatic nitrogens is 2. The molecular formula is C16H13ClN2O2S2. The van der Waals surface area contributed by atoms with Gasteiger partial charge in [0.1, 0.15) is 15.5 Å². The average Bonchev–Trinajstić information content (AvgIpc) is 2.99. The molecule has 0 N–H and O–H groups in total. The fourth-order valence-corrected chi connectivity index (χ4v) is 5.09. The van der Waals surface area contributed by atoms with Crippen LogP contribution in [0.4, 0.5) is 0 Å². The Labute approximate surface area is 146 Å². The van der Waals surface area contributed by atoms with Crippen LogP contribution in [-0.2, 0) is 4.74 Å². The summed E-state index contributed by atoms with van der Waals surface area (Å²) in [6, 6.07) is 3.95. The van der Waals surface area contributed by atoms with E-state index in [0.29, 0.717) is 21.0 Å². The summed E-state index contributed by atoms with van der Waals surface area (Å²) in [4.78, 5) is 22.4. The number of hydrogen-bond donors (Lipinski definition) is 0. The first kappa shape index (κ1) is 15.1. The van der Waals surface area contributed by atoms with E-state index in [0.717, 1.165) is 33.7 Å². The molecule has 0 saturated heterocycles. The summed E-state index contributed by atoms with van der Waals surface area (Å²) in [6.07, 6.45) is 0.998. The Morgan fingerprint density at radius 3 is 3.00 bits per heavy atom. The summed E-state index contributed by atoms with van der Waals surface area (Å²) in [5.41, 5.74) is 2.13. The van der Waals surface area contributed by atoms with Crippen molar-refractivity contribution in [3.05, 3.63) is 43.8 Å². The van der Waals surface area contributed by atoms with E-state index >= 15 is 0 Å². The molecule has 0 aliphatic heterocycles. The number of hydrogen-bond acceptors (Lipinski definition) is 6. The van der Waals surface area contributed by atoms with Crippen molar-refractivity contribution in [2.75, 3.05) is 7.11 Å². The van der Waals surface area contributed by atoms with Gasteiger partial charge in [0.05, 0.1) is 17.1 Å². The molecule has 1 saturated carbocycles. The van der Waals surface area contributed by atoms with Crippen molar-refractivity contribution >= 4 is 50.5 Å². The third-order valence-electron chi connectivity index (χ3n) is 4.11. The molecule has 23 heavy (non-hydrogen) atoms. The average molecular weight is 365 g/mol. The second-order valence-corrected chi connectivity index (χ2v) is 8.12. The summed E-state index contributed by atoms with van der Waals surface area (Å²) < 4.78 is 5.44. The Kier molecular flexibility index (Phi) is 3.63. The van der Waals surface area contributed by atoms with Gasteiger partial charge in [0.2, 0.25) is 0 Å². The number of halogens is 1. The Balaban J connectivity index is 1.68. The summed E-state index contributed by atoms with van der Waals surface area (Å²) in [6.45, 7) is 1.92. The van der Waals surface area contributed by atoms with Crippen molar-refractivity contribution in [2.45, 2.75) is 25.2 Å². The van der Waals surface area contributed by atoms with Gasteiger partial charge in [0.15, 0.2) is 0 Å². The number of fused-ring (bicyclic) bond motifs is 1. The van der Waals surface area contributed by atoms with Crippen molar-refractivity contribution in [1.29, 1.82) is 0 Å². The molecular weight excluding hydrogens is 352 g/mol. The van der Waals surface area contributed by atoms with E-state index < -0.39 is 0 Å². The lowest BCUT2D eigenvalue weighted by Gasteiger charge is -2.03. The lowest BCUT2D eigenvalue weighted by atomic mass is 10.1. The number of thiophene rings is 2. The van der Waals surface area contributed by atoms with Crippen LogP contribution in [0.3, 0.4) is 0 Å². The first-order chi connectivity index (χ1) is 11.1. The first-order valence-electron chi connectivity index (χ1n) is 7.17. The van der Waals surface area contributed by atoms with Gasteiger partial charge in [-0.15, -0.1) is 22.7 Å². The van der Waals surface area contributed by atoms with Crippen molar-refractivity contribution < 1.29 is 9.53 Å². The van der Waals surface area contributed by atoms with Crippen LogP contribution < -0.4 is 0 Å². The smallest absolute Gasteiger partial charge is 0.348 e. The van der Waals surface area contributed by atoms with E-state index in [9.17, 15) is 4.79 Å². The van der Waals surface area contributed by atoms with E-state index in [1.54, 1.807) is 11.3 Å². The van der Waals surface area contributed by atoms with Crippen LogP contribution >= 0.6 is 34.3 Å². The topological polar surface area (TPSA) is 52.1 Å². The molecule has 1 aliphatic rings. The molecule has 7 heteroatoms. The van der Waals surface area contributed by atoms with E-state index in [1.165, 1.54) is 18.4 Å². The molecule has 0 spiro atoms. The van der Waals surface area contributed by atoms with Gasteiger partial charge in [-0.2, -0.15) is 0 Å². The molecule has 2 atom stereocenters. The molecule has 0 aromatic carbocycles. The normalized spacial score (nSPS) is 20.0. The number of esters is 1. The van der Waals surface area contributed by atoms with E-state index in [-0.39, 0.29) is 5.97 Å². The maximum atomic E-state index is 11.7. The van der Waals surface area contributed by atoms with E-state index in [2.05, 4.69) is 16.0 Å². The minimum atomic E-state index is -0.335. The van der Waals surface area contributed by atoms with Gasteiger partial charge >= 0.3 is 5.97 Å². The summed E-state index contributed by atoms with van der Waals surface area (Å²) in [7, 11) is 1.38. The Morgan fingerprint density at radius 1 is 1.39 bits per heavy atom. The highest BCUT2D eigenvalue weighted by Crippen LogP contribution is 2.58. The predicted octanol–water partition coefficient (Wildman–Crippen LogP) is 4.77. The van der Waals surface area contributed by atoms with E-state index in [1.807, 2.05) is 18.4 Å². The van der Waals surface area contributed by atoms with Crippen molar-refractivity contribution in [1.82, 2.24) is 9.97 Å². The summed E-state index contributed by atoms with van der Waals surface area (Å²) >= 11 is 9.26. The van der Waals surface area contributed by atoms with Crippen LogP contribution in [0, 0.1) is 6.92 Å². The molecule has 2 unspecified atom stereocenters. The van der Waals surface area contributed by atoms with Gasteiger partial charge in [0.25, 0.3) is 0 Å². The third-order valence-corrected chi connectivity index (χ3v) is 6.28. The zero-order valence-corrected chi connectivity index (χ0v) is 14.9. The summed E-state index contributed by atoms with van der Waals surface area (Å²) in [5, 5.41) is 3.18. The highest BCUT2D eigenvalue weighted by molar-refractivity contribution is 7.18. The predicted molar refractivity (Wildman–Crippen MR) is 92.9 cm³/mol. The maximum absolute atomic E-state index is 11.7. The Bertz CT molecular complexity index is 918. The highest BCUT2D eigenvalue weighted by atomic mass is 35.5. The van der Waals surface area contributed by atoms with Gasteiger partial charge in [-0.25, -0.2) is 14.8 Å². The maximum Gasteiger partial charge on any atom is 0.348 e. The molecule has 3 aromatic rings. The van der Waals surface area contributed by atoms with Crippen LogP contribution in [0.25, 0.3) is 10.2 Å². The Morgan fingerprint density at radius 2 is 2.22 bits per heavy atom. The second kappa shape index (κ2) is 5.54. The van der Waals surface area contributed by atoms with Gasteiger partial charge in [-0.05, 0) is 42.3 Å². The lowest BCUT2D eigenvalue weighted by Crippen LogP contribution is -1.97. The van der Waals surface area contributed by atoms with Crippen molar-refractivity contribution in [3.8, 4) is 0 Å². The van der Waals surface area contributed by atoms with Crippen LogP contribution in [0.1, 0.15) is 45.0 Å². The Hall–Kier alpha value is -1.50. The zero-order chi connectivity index (χ0) is 16.1.